The summed E-state index contributed by atoms with van der Waals surface area (Å²) in [5.41, 5.74) is 0.802. The van der Waals surface area contributed by atoms with E-state index >= 15 is 0 Å². The molecule has 0 radical (unpaired) electrons. The van der Waals surface area contributed by atoms with Crippen molar-refractivity contribution in [3.63, 3.8) is 0 Å². The van der Waals surface area contributed by atoms with E-state index in [0.717, 1.165) is 36.8 Å². The van der Waals surface area contributed by atoms with E-state index < -0.39 is 4.92 Å². The number of non-ortho nitro benzene ring substituents is 1. The number of nitro groups is 1. The Morgan fingerprint density at radius 1 is 1.29 bits per heavy atom. The number of likely N-dealkylation sites (tertiary alicyclic amines) is 1. The van der Waals surface area contributed by atoms with Crippen LogP contribution in [0, 0.1) is 10.1 Å². The minimum Gasteiger partial charge on any atom is -0.327 e. The van der Waals surface area contributed by atoms with Crippen LogP contribution in [0.25, 0.3) is 10.9 Å². The van der Waals surface area contributed by atoms with E-state index in [2.05, 4.69) is 11.9 Å². The molecule has 0 aliphatic carbocycles. The van der Waals surface area contributed by atoms with Crippen molar-refractivity contribution in [2.24, 2.45) is 0 Å². The number of hydrogen-bond donors (Lipinski definition) is 0. The van der Waals surface area contributed by atoms with Crippen molar-refractivity contribution >= 4 is 39.8 Å². The summed E-state index contributed by atoms with van der Waals surface area (Å²) in [6.45, 7) is 1.96. The summed E-state index contributed by atoms with van der Waals surface area (Å²) >= 11 is 12.7. The van der Waals surface area contributed by atoms with Crippen LogP contribution < -0.4 is 0 Å². The van der Waals surface area contributed by atoms with E-state index in [-0.39, 0.29) is 11.7 Å². The fraction of sp³-hybridized carbons (Fsp3) is 0.429. The number of hydrogen-bond acceptors (Lipinski definition) is 3. The van der Waals surface area contributed by atoms with Gasteiger partial charge in [0.15, 0.2) is 0 Å². The van der Waals surface area contributed by atoms with Gasteiger partial charge in [-0.2, -0.15) is 0 Å². The number of benzene rings is 1. The zero-order valence-corrected chi connectivity index (χ0v) is 13.1. The first-order valence-electron chi connectivity index (χ1n) is 6.81. The van der Waals surface area contributed by atoms with Gasteiger partial charge < -0.3 is 9.47 Å². The molecule has 7 heteroatoms. The topological polar surface area (TPSA) is 51.3 Å². The van der Waals surface area contributed by atoms with E-state index in [0.29, 0.717) is 10.2 Å². The largest absolute Gasteiger partial charge is 0.327 e. The molecule has 1 aromatic carbocycles. The van der Waals surface area contributed by atoms with E-state index in [1.807, 2.05) is 4.57 Å². The van der Waals surface area contributed by atoms with Gasteiger partial charge >= 0.3 is 0 Å². The smallest absolute Gasteiger partial charge is 0.271 e. The maximum Gasteiger partial charge on any atom is 0.271 e. The van der Waals surface area contributed by atoms with Crippen molar-refractivity contribution in [3.8, 4) is 0 Å². The van der Waals surface area contributed by atoms with Crippen molar-refractivity contribution in [1.29, 1.82) is 0 Å². The fourth-order valence-electron chi connectivity index (χ4n) is 2.95. The summed E-state index contributed by atoms with van der Waals surface area (Å²) in [6, 6.07) is 4.92. The van der Waals surface area contributed by atoms with Crippen LogP contribution in [-0.4, -0.2) is 34.5 Å². The van der Waals surface area contributed by atoms with Gasteiger partial charge in [0.2, 0.25) is 0 Å². The third-order valence-corrected chi connectivity index (χ3v) is 4.98. The lowest BCUT2D eigenvalue weighted by atomic mass is 10.1. The third kappa shape index (κ3) is 2.50. The number of nitro benzene ring substituents is 1. The van der Waals surface area contributed by atoms with Gasteiger partial charge in [-0.25, -0.2) is 0 Å². The van der Waals surface area contributed by atoms with Crippen molar-refractivity contribution in [2.45, 2.75) is 18.9 Å². The van der Waals surface area contributed by atoms with Crippen LogP contribution in [0.4, 0.5) is 5.69 Å². The Labute approximate surface area is 132 Å². The molecule has 3 rings (SSSR count). The monoisotopic (exact) mass is 327 g/mol. The summed E-state index contributed by atoms with van der Waals surface area (Å²) in [6.07, 6.45) is 1.91. The van der Waals surface area contributed by atoms with Crippen LogP contribution in [0.2, 0.25) is 10.2 Å². The van der Waals surface area contributed by atoms with Crippen molar-refractivity contribution in [1.82, 2.24) is 9.47 Å². The second-order valence-corrected chi connectivity index (χ2v) is 6.20. The first-order chi connectivity index (χ1) is 9.99. The number of piperidine rings is 1. The fourth-order valence-corrected chi connectivity index (χ4v) is 3.53. The Kier molecular flexibility index (Phi) is 3.82. The Morgan fingerprint density at radius 3 is 2.57 bits per heavy atom. The Bertz CT molecular complexity index is 706. The van der Waals surface area contributed by atoms with Crippen molar-refractivity contribution in [3.05, 3.63) is 38.5 Å². The van der Waals surface area contributed by atoms with E-state index in [1.54, 1.807) is 12.1 Å². The Morgan fingerprint density at radius 2 is 1.95 bits per heavy atom. The highest BCUT2D eigenvalue weighted by molar-refractivity contribution is 6.45. The number of rotatable bonds is 2. The molecule has 0 saturated carbocycles. The number of halogens is 2. The standard InChI is InChI=1S/C14H15Cl2N3O2/c1-17-6-4-9(5-7-17)18-12-8-10(19(20)21)2-3-11(12)13(15)14(18)16/h2-3,8-9H,4-7H2,1H3. The molecule has 0 atom stereocenters. The zero-order chi connectivity index (χ0) is 15.1. The molecular weight excluding hydrogens is 313 g/mol. The number of nitrogens with zero attached hydrogens (tertiary/aromatic N) is 3. The maximum absolute atomic E-state index is 11.0. The van der Waals surface area contributed by atoms with Gasteiger partial charge in [0.1, 0.15) is 5.15 Å². The molecule has 0 unspecified atom stereocenters. The van der Waals surface area contributed by atoms with Crippen molar-refractivity contribution in [2.75, 3.05) is 20.1 Å². The summed E-state index contributed by atoms with van der Waals surface area (Å²) in [5, 5.41) is 12.7. The molecule has 112 valence electrons. The molecule has 2 aromatic rings. The van der Waals surface area contributed by atoms with Crippen LogP contribution >= 0.6 is 23.2 Å². The minimum atomic E-state index is -0.396. The molecule has 2 heterocycles. The average Bonchev–Trinajstić information content (AvgIpc) is 2.72. The highest BCUT2D eigenvalue weighted by Crippen LogP contribution is 2.40. The average molecular weight is 328 g/mol. The van der Waals surface area contributed by atoms with E-state index in [4.69, 9.17) is 23.2 Å². The Hall–Kier alpha value is -1.30. The van der Waals surface area contributed by atoms with Gasteiger partial charge in [-0.15, -0.1) is 0 Å². The SMILES string of the molecule is CN1CCC(n2c(Cl)c(Cl)c3ccc([N+](=O)[O-])cc32)CC1. The molecule has 0 amide bonds. The van der Waals surface area contributed by atoms with Gasteiger partial charge in [0.25, 0.3) is 5.69 Å². The lowest BCUT2D eigenvalue weighted by molar-refractivity contribution is -0.384. The van der Waals surface area contributed by atoms with Gasteiger partial charge in [-0.05, 0) is 39.0 Å². The second-order valence-electron chi connectivity index (χ2n) is 5.47. The molecule has 1 aromatic heterocycles. The predicted molar refractivity (Wildman–Crippen MR) is 84.4 cm³/mol. The quantitative estimate of drug-likeness (QED) is 0.615. The number of fused-ring (bicyclic) bond motifs is 1. The molecule has 5 nitrogen and oxygen atoms in total. The molecule has 1 fully saturated rings. The molecule has 0 bridgehead atoms. The normalized spacial score (nSPS) is 17.5. The highest BCUT2D eigenvalue weighted by Gasteiger charge is 2.25. The first-order valence-corrected chi connectivity index (χ1v) is 7.56. The van der Waals surface area contributed by atoms with Gasteiger partial charge in [0, 0.05) is 23.6 Å². The predicted octanol–water partition coefficient (Wildman–Crippen LogP) is 4.12. The van der Waals surface area contributed by atoms with Crippen molar-refractivity contribution < 1.29 is 4.92 Å². The van der Waals surface area contributed by atoms with Crippen LogP contribution in [0.1, 0.15) is 18.9 Å². The molecule has 21 heavy (non-hydrogen) atoms. The van der Waals surface area contributed by atoms with Crippen LogP contribution in [-0.2, 0) is 0 Å². The Balaban J connectivity index is 2.13. The van der Waals surface area contributed by atoms with Crippen LogP contribution in [0.15, 0.2) is 18.2 Å². The van der Waals surface area contributed by atoms with Crippen LogP contribution in [0.5, 0.6) is 0 Å². The summed E-state index contributed by atoms with van der Waals surface area (Å²) in [7, 11) is 2.09. The van der Waals surface area contributed by atoms with E-state index in [9.17, 15) is 10.1 Å². The van der Waals surface area contributed by atoms with Gasteiger partial charge in [-0.1, -0.05) is 23.2 Å². The first kappa shape index (κ1) is 14.6. The molecule has 1 aliphatic heterocycles. The lowest BCUT2D eigenvalue weighted by Crippen LogP contribution is -2.31. The number of aromatic nitrogens is 1. The molecule has 1 aliphatic rings. The van der Waals surface area contributed by atoms with E-state index in [1.165, 1.54) is 6.07 Å². The third-order valence-electron chi connectivity index (χ3n) is 4.13. The summed E-state index contributed by atoms with van der Waals surface area (Å²) < 4.78 is 1.96. The molecule has 0 spiro atoms. The minimum absolute atomic E-state index is 0.0579. The summed E-state index contributed by atoms with van der Waals surface area (Å²) in [4.78, 5) is 12.9. The zero-order valence-electron chi connectivity index (χ0n) is 11.6. The van der Waals surface area contributed by atoms with Gasteiger partial charge in [0.05, 0.1) is 15.5 Å². The molecular formula is C14H15Cl2N3O2. The second kappa shape index (κ2) is 5.48. The maximum atomic E-state index is 11.0. The highest BCUT2D eigenvalue weighted by atomic mass is 35.5. The van der Waals surface area contributed by atoms with Crippen LogP contribution in [0.3, 0.4) is 0 Å². The molecule has 1 saturated heterocycles. The molecule has 0 N–H and O–H groups in total. The lowest BCUT2D eigenvalue weighted by Gasteiger charge is -2.30. The summed E-state index contributed by atoms with van der Waals surface area (Å²) in [5.74, 6) is 0. The van der Waals surface area contributed by atoms with Gasteiger partial charge in [-0.3, -0.25) is 10.1 Å².